The number of hydrogen-bond acceptors (Lipinski definition) is 4. The van der Waals surface area contributed by atoms with Gasteiger partial charge in [-0.25, -0.2) is 0 Å². The van der Waals surface area contributed by atoms with Crippen LogP contribution in [0.2, 0.25) is 0 Å². The molecule has 1 aliphatic carbocycles. The maximum atomic E-state index is 11.6. The summed E-state index contributed by atoms with van der Waals surface area (Å²) in [6.45, 7) is 9.98. The Kier molecular flexibility index (Phi) is 10.1. The van der Waals surface area contributed by atoms with Crippen LogP contribution in [-0.4, -0.2) is 33.9 Å². The smallest absolute Gasteiger partial charge is 0.308 e. The third kappa shape index (κ3) is 10.3. The highest BCUT2D eigenvalue weighted by Gasteiger charge is 2.35. The van der Waals surface area contributed by atoms with Gasteiger partial charge in [-0.05, 0) is 57.8 Å². The highest BCUT2D eigenvalue weighted by atomic mass is 16.6. The predicted molar refractivity (Wildman–Crippen MR) is 90.1 cm³/mol. The lowest BCUT2D eigenvalue weighted by molar-refractivity contribution is -0.164. The maximum absolute atomic E-state index is 11.6. The zero-order valence-electron chi connectivity index (χ0n) is 15.3. The van der Waals surface area contributed by atoms with Gasteiger partial charge in [0.1, 0.15) is 5.60 Å². The number of aliphatic hydroxyl groups excluding tert-OH is 1. The van der Waals surface area contributed by atoms with Crippen LogP contribution in [0.5, 0.6) is 0 Å². The van der Waals surface area contributed by atoms with E-state index in [9.17, 15) is 9.59 Å². The first-order chi connectivity index (χ1) is 10.6. The van der Waals surface area contributed by atoms with E-state index in [0.29, 0.717) is 12.3 Å². The highest BCUT2D eigenvalue weighted by molar-refractivity contribution is 5.70. The third-order valence-electron chi connectivity index (χ3n) is 4.32. The number of hydrogen-bond donors (Lipinski definition) is 2. The van der Waals surface area contributed by atoms with Gasteiger partial charge in [0, 0.05) is 6.42 Å². The summed E-state index contributed by atoms with van der Waals surface area (Å²) >= 11 is 0. The van der Waals surface area contributed by atoms with Gasteiger partial charge in [0.15, 0.2) is 0 Å². The topological polar surface area (TPSA) is 83.8 Å². The first-order valence-electron chi connectivity index (χ1n) is 8.71. The molecule has 5 heteroatoms. The van der Waals surface area contributed by atoms with Gasteiger partial charge in [-0.15, -0.1) is 0 Å². The van der Waals surface area contributed by atoms with Crippen LogP contribution in [0.3, 0.4) is 0 Å². The van der Waals surface area contributed by atoms with Gasteiger partial charge in [0.2, 0.25) is 0 Å². The molecular formula is C18H34O5. The third-order valence-corrected chi connectivity index (χ3v) is 4.32. The molecule has 2 N–H and O–H groups in total. The lowest BCUT2D eigenvalue weighted by atomic mass is 9.75. The van der Waals surface area contributed by atoms with Gasteiger partial charge in [-0.3, -0.25) is 9.59 Å². The second kappa shape index (κ2) is 10.6. The Bertz CT molecular complexity index is 354. The molecule has 1 atom stereocenters. The number of carbonyl (C=O) groups is 2. The Morgan fingerprint density at radius 2 is 1.74 bits per heavy atom. The molecule has 0 aromatic rings. The van der Waals surface area contributed by atoms with E-state index in [1.165, 1.54) is 0 Å². The molecule has 0 bridgehead atoms. The number of aliphatic carboxylic acids is 1. The minimum absolute atomic E-state index is 0.100. The van der Waals surface area contributed by atoms with Crippen LogP contribution in [0.4, 0.5) is 0 Å². The monoisotopic (exact) mass is 330 g/mol. The molecular weight excluding hydrogens is 296 g/mol. The summed E-state index contributed by atoms with van der Waals surface area (Å²) in [6, 6.07) is 0. The Balaban J connectivity index is 0.000000688. The van der Waals surface area contributed by atoms with E-state index in [2.05, 4.69) is 13.8 Å². The maximum Gasteiger partial charge on any atom is 0.308 e. The normalized spacial score (nSPS) is 25.3. The van der Waals surface area contributed by atoms with Crippen LogP contribution >= 0.6 is 0 Å². The molecule has 5 nitrogen and oxygen atoms in total. The number of ether oxygens (including phenoxy) is 1. The molecule has 0 heterocycles. The number of carboxylic acid groups (broad SMARTS) is 1. The van der Waals surface area contributed by atoms with E-state index < -0.39 is 12.1 Å². The molecule has 136 valence electrons. The quantitative estimate of drug-likeness (QED) is 0.724. The van der Waals surface area contributed by atoms with Crippen molar-refractivity contribution in [3.8, 4) is 0 Å². The van der Waals surface area contributed by atoms with Crippen LogP contribution in [0.1, 0.15) is 79.6 Å². The molecule has 1 rings (SSSR count). The van der Waals surface area contributed by atoms with Gasteiger partial charge in [0.25, 0.3) is 0 Å². The number of carboxylic acids is 1. The number of aliphatic hydroxyl groups is 1. The number of rotatable bonds is 6. The average Bonchev–Trinajstić information content (AvgIpc) is 2.37. The summed E-state index contributed by atoms with van der Waals surface area (Å²) in [5.74, 6) is 0.495. The second-order valence-corrected chi connectivity index (χ2v) is 7.20. The van der Waals surface area contributed by atoms with Gasteiger partial charge in [0.05, 0.1) is 12.5 Å². The lowest BCUT2D eigenvalue weighted by Gasteiger charge is -2.38. The summed E-state index contributed by atoms with van der Waals surface area (Å²) < 4.78 is 5.52. The second-order valence-electron chi connectivity index (χ2n) is 7.20. The van der Waals surface area contributed by atoms with Gasteiger partial charge < -0.3 is 14.9 Å². The van der Waals surface area contributed by atoms with Crippen molar-refractivity contribution in [2.24, 2.45) is 11.8 Å². The Morgan fingerprint density at radius 1 is 1.22 bits per heavy atom. The SMILES string of the molecule is CC(O)CC(=O)OC1(C)CCC(C(C)C)CC1.CCCC(=O)O. The molecule has 0 spiro atoms. The van der Waals surface area contributed by atoms with Crippen molar-refractivity contribution in [3.05, 3.63) is 0 Å². The summed E-state index contributed by atoms with van der Waals surface area (Å²) in [6.07, 6.45) is 4.67. The van der Waals surface area contributed by atoms with Crippen molar-refractivity contribution in [2.75, 3.05) is 0 Å². The molecule has 0 saturated heterocycles. The van der Waals surface area contributed by atoms with Crippen LogP contribution in [0, 0.1) is 11.8 Å². The van der Waals surface area contributed by atoms with Crippen molar-refractivity contribution >= 4 is 11.9 Å². The largest absolute Gasteiger partial charge is 0.481 e. The summed E-state index contributed by atoms with van der Waals surface area (Å²) in [5.41, 5.74) is -0.308. The van der Waals surface area contributed by atoms with E-state index in [1.54, 1.807) is 6.92 Å². The van der Waals surface area contributed by atoms with Gasteiger partial charge >= 0.3 is 11.9 Å². The zero-order chi connectivity index (χ0) is 18.0. The summed E-state index contributed by atoms with van der Waals surface area (Å²) in [5, 5.41) is 17.1. The van der Waals surface area contributed by atoms with E-state index >= 15 is 0 Å². The van der Waals surface area contributed by atoms with E-state index in [4.69, 9.17) is 14.9 Å². The molecule has 0 aromatic heterocycles. The molecule has 0 aliphatic heterocycles. The number of carbonyl (C=O) groups excluding carboxylic acids is 1. The van der Waals surface area contributed by atoms with Crippen molar-refractivity contribution in [1.29, 1.82) is 0 Å². The Morgan fingerprint density at radius 3 is 2.04 bits per heavy atom. The first kappa shape index (κ1) is 21.9. The Labute approximate surface area is 140 Å². The fourth-order valence-electron chi connectivity index (χ4n) is 2.79. The molecule has 23 heavy (non-hydrogen) atoms. The molecule has 1 saturated carbocycles. The van der Waals surface area contributed by atoms with Crippen LogP contribution in [0.15, 0.2) is 0 Å². The molecule has 0 radical (unpaired) electrons. The van der Waals surface area contributed by atoms with Gasteiger partial charge in [-0.1, -0.05) is 20.8 Å². The molecule has 1 fully saturated rings. The standard InChI is InChI=1S/C14H26O3.C4H8O2/c1-10(2)12-5-7-14(4,8-6-12)17-13(16)9-11(3)15;1-2-3-4(5)6/h10-12,15H,5-9H2,1-4H3;2-3H2,1H3,(H,5,6). The fourth-order valence-corrected chi connectivity index (χ4v) is 2.79. The average molecular weight is 330 g/mol. The molecule has 1 unspecified atom stereocenters. The van der Waals surface area contributed by atoms with Crippen molar-refractivity contribution in [2.45, 2.75) is 91.3 Å². The summed E-state index contributed by atoms with van der Waals surface area (Å²) in [7, 11) is 0. The minimum atomic E-state index is -0.711. The van der Waals surface area contributed by atoms with Crippen molar-refractivity contribution in [3.63, 3.8) is 0 Å². The first-order valence-corrected chi connectivity index (χ1v) is 8.71. The van der Waals surface area contributed by atoms with Crippen LogP contribution in [0.25, 0.3) is 0 Å². The fraction of sp³-hybridized carbons (Fsp3) is 0.889. The molecule has 0 aromatic carbocycles. The molecule has 1 aliphatic rings. The van der Waals surface area contributed by atoms with Crippen molar-refractivity contribution < 1.29 is 24.5 Å². The lowest BCUT2D eigenvalue weighted by Crippen LogP contribution is -2.37. The van der Waals surface area contributed by atoms with Crippen LogP contribution < -0.4 is 0 Å². The highest BCUT2D eigenvalue weighted by Crippen LogP contribution is 2.37. The van der Waals surface area contributed by atoms with E-state index in [0.717, 1.165) is 38.0 Å². The zero-order valence-corrected chi connectivity index (χ0v) is 15.3. The van der Waals surface area contributed by atoms with Crippen molar-refractivity contribution in [1.82, 2.24) is 0 Å². The predicted octanol–water partition coefficient (Wildman–Crippen LogP) is 3.78. The number of esters is 1. The van der Waals surface area contributed by atoms with Crippen LogP contribution in [-0.2, 0) is 14.3 Å². The molecule has 0 amide bonds. The summed E-state index contributed by atoms with van der Waals surface area (Å²) in [4.78, 5) is 21.2. The minimum Gasteiger partial charge on any atom is -0.481 e. The van der Waals surface area contributed by atoms with Gasteiger partial charge in [-0.2, -0.15) is 0 Å². The Hall–Kier alpha value is -1.10. The van der Waals surface area contributed by atoms with E-state index in [-0.39, 0.29) is 18.0 Å². The van der Waals surface area contributed by atoms with E-state index in [1.807, 2.05) is 13.8 Å².